The Hall–Kier alpha value is -2.54. The predicted octanol–water partition coefficient (Wildman–Crippen LogP) is 3.55. The van der Waals surface area contributed by atoms with Gasteiger partial charge in [0.25, 0.3) is 5.91 Å². The highest BCUT2D eigenvalue weighted by Gasteiger charge is 2.31. The number of rotatable bonds is 4. The summed E-state index contributed by atoms with van der Waals surface area (Å²) in [5.41, 5.74) is 2.83. The Bertz CT molecular complexity index is 829. The molecule has 0 spiro atoms. The minimum absolute atomic E-state index is 0.137. The lowest BCUT2D eigenvalue weighted by Gasteiger charge is -2.33. The third kappa shape index (κ3) is 4.30. The quantitative estimate of drug-likeness (QED) is 0.873. The number of anilines is 2. The number of aromatic nitrogens is 2. The van der Waals surface area contributed by atoms with E-state index in [9.17, 15) is 9.18 Å². The van der Waals surface area contributed by atoms with Crippen molar-refractivity contribution in [2.75, 3.05) is 25.0 Å². The maximum atomic E-state index is 13.0. The third-order valence-electron chi connectivity index (χ3n) is 5.40. The molecule has 0 unspecified atom stereocenters. The second-order valence-corrected chi connectivity index (χ2v) is 7.51. The van der Waals surface area contributed by atoms with Gasteiger partial charge in [-0.15, -0.1) is 0 Å². The van der Waals surface area contributed by atoms with Gasteiger partial charge in [0.2, 0.25) is 0 Å². The van der Waals surface area contributed by atoms with Crippen molar-refractivity contribution in [3.8, 4) is 0 Å². The highest BCUT2D eigenvalue weighted by molar-refractivity contribution is 5.81. The minimum Gasteiger partial charge on any atom is -0.368 e. The molecule has 1 amide bonds. The molecule has 7 heteroatoms. The van der Waals surface area contributed by atoms with Crippen LogP contribution in [0.4, 0.5) is 15.9 Å². The summed E-state index contributed by atoms with van der Waals surface area (Å²) in [6.07, 6.45) is 4.54. The number of amides is 1. The van der Waals surface area contributed by atoms with E-state index in [0.717, 1.165) is 55.8 Å². The zero-order chi connectivity index (χ0) is 19.5. The molecule has 2 saturated heterocycles. The summed E-state index contributed by atoms with van der Waals surface area (Å²) in [6, 6.07) is 6.97. The first-order valence-corrected chi connectivity index (χ1v) is 9.86. The van der Waals surface area contributed by atoms with Crippen molar-refractivity contribution in [2.45, 2.75) is 44.6 Å². The number of halogens is 1. The van der Waals surface area contributed by atoms with Crippen LogP contribution in [0, 0.1) is 12.7 Å². The molecule has 0 bridgehead atoms. The second-order valence-electron chi connectivity index (χ2n) is 7.51. The fourth-order valence-electron chi connectivity index (χ4n) is 3.94. The van der Waals surface area contributed by atoms with Gasteiger partial charge in [-0.1, -0.05) is 0 Å². The Morgan fingerprint density at radius 1 is 1.25 bits per heavy atom. The number of likely N-dealkylation sites (tertiary alicyclic amines) is 1. The van der Waals surface area contributed by atoms with E-state index < -0.39 is 0 Å². The Kier molecular flexibility index (Phi) is 5.52. The molecule has 0 radical (unpaired) electrons. The lowest BCUT2D eigenvalue weighted by Crippen LogP contribution is -2.43. The molecule has 2 aromatic rings. The maximum Gasteiger partial charge on any atom is 0.251 e. The molecule has 148 valence electrons. The van der Waals surface area contributed by atoms with Gasteiger partial charge < -0.3 is 15.0 Å². The number of hydrogen-bond donors (Lipinski definition) is 1. The van der Waals surface area contributed by atoms with Crippen molar-refractivity contribution < 1.29 is 13.9 Å². The summed E-state index contributed by atoms with van der Waals surface area (Å²) in [5.74, 6) is 0.685. The predicted molar refractivity (Wildman–Crippen MR) is 104 cm³/mol. The molecule has 1 N–H and O–H groups in total. The fraction of sp³-hybridized carbons (Fsp3) is 0.476. The number of ether oxygens (including phenoxy) is 1. The Labute approximate surface area is 164 Å². The number of piperidine rings is 1. The Balaban J connectivity index is 1.41. The van der Waals surface area contributed by atoms with Crippen LogP contribution in [0.15, 0.2) is 30.5 Å². The summed E-state index contributed by atoms with van der Waals surface area (Å²) in [6.45, 7) is 4.13. The molecule has 4 rings (SSSR count). The van der Waals surface area contributed by atoms with Crippen molar-refractivity contribution in [1.82, 2.24) is 14.9 Å². The molecule has 1 atom stereocenters. The molecule has 2 aliphatic rings. The minimum atomic E-state index is -0.360. The van der Waals surface area contributed by atoms with Crippen LogP contribution in [-0.4, -0.2) is 46.6 Å². The number of carbonyl (C=O) groups excluding carboxylic acids is 1. The average molecular weight is 384 g/mol. The van der Waals surface area contributed by atoms with Gasteiger partial charge in [-0.2, -0.15) is 0 Å². The van der Waals surface area contributed by atoms with Crippen LogP contribution < -0.4 is 5.32 Å². The van der Waals surface area contributed by atoms with Crippen molar-refractivity contribution in [2.24, 2.45) is 0 Å². The zero-order valence-corrected chi connectivity index (χ0v) is 16.0. The first-order valence-electron chi connectivity index (χ1n) is 9.86. The molecule has 2 aromatic heterocycles. The van der Waals surface area contributed by atoms with Crippen LogP contribution in [0.1, 0.15) is 43.0 Å². The van der Waals surface area contributed by atoms with Crippen LogP contribution in [-0.2, 0) is 9.53 Å². The number of carbonyl (C=O) groups is 1. The monoisotopic (exact) mass is 384 g/mol. The molecule has 0 aliphatic carbocycles. The second kappa shape index (κ2) is 8.22. The molecule has 0 saturated carbocycles. The van der Waals surface area contributed by atoms with E-state index in [1.54, 1.807) is 6.07 Å². The van der Waals surface area contributed by atoms with Crippen molar-refractivity contribution in [1.29, 1.82) is 0 Å². The van der Waals surface area contributed by atoms with Crippen LogP contribution >= 0.6 is 0 Å². The highest BCUT2D eigenvalue weighted by atomic mass is 19.1. The standard InChI is InChI=1S/C21H25FN4O2/c1-14-11-17(25-20-5-4-16(22)13-23-20)12-18(24-14)15-6-8-26(9-7-15)21(27)19-3-2-10-28-19/h4-5,11-13,15,19H,2-3,6-10H2,1H3,(H,23,24,25)/t19-/m0/s1. The number of nitrogens with one attached hydrogen (secondary N) is 1. The number of aryl methyl sites for hydroxylation is 1. The van der Waals surface area contributed by atoms with Gasteiger partial charge in [0.1, 0.15) is 17.7 Å². The van der Waals surface area contributed by atoms with Crippen LogP contribution in [0.25, 0.3) is 0 Å². The van der Waals surface area contributed by atoms with E-state index in [1.165, 1.54) is 12.3 Å². The zero-order valence-electron chi connectivity index (χ0n) is 16.0. The summed E-state index contributed by atoms with van der Waals surface area (Å²) >= 11 is 0. The van der Waals surface area contributed by atoms with Crippen LogP contribution in [0.5, 0.6) is 0 Å². The van der Waals surface area contributed by atoms with E-state index in [0.29, 0.717) is 18.3 Å². The number of nitrogens with zero attached hydrogens (tertiary/aromatic N) is 3. The van der Waals surface area contributed by atoms with Gasteiger partial charge >= 0.3 is 0 Å². The van der Waals surface area contributed by atoms with Crippen LogP contribution in [0.2, 0.25) is 0 Å². The van der Waals surface area contributed by atoms with Crippen LogP contribution in [0.3, 0.4) is 0 Å². The van der Waals surface area contributed by atoms with E-state index >= 15 is 0 Å². The molecule has 0 aromatic carbocycles. The van der Waals surface area contributed by atoms with Crippen molar-refractivity contribution in [3.05, 3.63) is 47.7 Å². The largest absolute Gasteiger partial charge is 0.368 e. The van der Waals surface area contributed by atoms with E-state index in [1.807, 2.05) is 24.0 Å². The summed E-state index contributed by atoms with van der Waals surface area (Å²) in [5, 5.41) is 3.22. The first kappa shape index (κ1) is 18.8. The number of pyridine rings is 2. The number of hydrogen-bond acceptors (Lipinski definition) is 5. The average Bonchev–Trinajstić information content (AvgIpc) is 3.24. The van der Waals surface area contributed by atoms with E-state index in [-0.39, 0.29) is 17.8 Å². The molecule has 4 heterocycles. The summed E-state index contributed by atoms with van der Waals surface area (Å²) in [7, 11) is 0. The first-order chi connectivity index (χ1) is 13.6. The van der Waals surface area contributed by atoms with Crippen molar-refractivity contribution in [3.63, 3.8) is 0 Å². The molecular weight excluding hydrogens is 359 g/mol. The SMILES string of the molecule is Cc1cc(Nc2ccc(F)cn2)cc(C2CCN(C(=O)[C@@H]3CCCO3)CC2)n1. The Morgan fingerprint density at radius 2 is 2.07 bits per heavy atom. The summed E-state index contributed by atoms with van der Waals surface area (Å²) in [4.78, 5) is 23.2. The van der Waals surface area contributed by atoms with Gasteiger partial charge in [0.15, 0.2) is 0 Å². The van der Waals surface area contributed by atoms with Gasteiger partial charge in [-0.3, -0.25) is 9.78 Å². The lowest BCUT2D eigenvalue weighted by molar-refractivity contribution is -0.142. The maximum absolute atomic E-state index is 13.0. The molecule has 2 fully saturated rings. The topological polar surface area (TPSA) is 67.4 Å². The molecular formula is C21H25FN4O2. The molecule has 6 nitrogen and oxygen atoms in total. The van der Waals surface area contributed by atoms with Gasteiger partial charge in [0.05, 0.1) is 6.20 Å². The van der Waals surface area contributed by atoms with Gasteiger partial charge in [-0.25, -0.2) is 9.37 Å². The lowest BCUT2D eigenvalue weighted by atomic mass is 9.92. The summed E-state index contributed by atoms with van der Waals surface area (Å²) < 4.78 is 18.6. The third-order valence-corrected chi connectivity index (χ3v) is 5.40. The Morgan fingerprint density at radius 3 is 2.75 bits per heavy atom. The van der Waals surface area contributed by atoms with Gasteiger partial charge in [-0.05, 0) is 56.9 Å². The fourth-order valence-corrected chi connectivity index (χ4v) is 3.94. The molecule has 2 aliphatic heterocycles. The van der Waals surface area contributed by atoms with E-state index in [2.05, 4.69) is 10.3 Å². The highest BCUT2D eigenvalue weighted by Crippen LogP contribution is 2.30. The molecule has 28 heavy (non-hydrogen) atoms. The van der Waals surface area contributed by atoms with Crippen molar-refractivity contribution >= 4 is 17.4 Å². The smallest absolute Gasteiger partial charge is 0.251 e. The normalized spacial score (nSPS) is 20.4. The van der Waals surface area contributed by atoms with E-state index in [4.69, 9.17) is 9.72 Å². The van der Waals surface area contributed by atoms with Gasteiger partial charge in [0, 0.05) is 42.7 Å².